The minimum atomic E-state index is -0.581. The zero-order chi connectivity index (χ0) is 13.5. The van der Waals surface area contributed by atoms with Crippen molar-refractivity contribution in [2.45, 2.75) is 12.7 Å². The molecule has 3 N–H and O–H groups in total. The molecular weight excluding hydrogens is 236 g/mol. The molecule has 0 aliphatic heterocycles. The molecule has 0 spiro atoms. The van der Waals surface area contributed by atoms with Crippen molar-refractivity contribution in [2.75, 3.05) is 45.1 Å². The molecule has 7 heteroatoms. The number of hydrogen-bond donors (Lipinski definition) is 2. The molecule has 1 aromatic heterocycles. The Balaban J connectivity index is 2.74. The van der Waals surface area contributed by atoms with Gasteiger partial charge in [-0.2, -0.15) is 0 Å². The van der Waals surface area contributed by atoms with E-state index in [0.29, 0.717) is 30.6 Å². The third kappa shape index (κ3) is 4.44. The summed E-state index contributed by atoms with van der Waals surface area (Å²) < 4.78 is 9.84. The first kappa shape index (κ1) is 14.6. The van der Waals surface area contributed by atoms with Crippen LogP contribution in [-0.4, -0.2) is 55.6 Å². The molecule has 0 aliphatic rings. The van der Waals surface area contributed by atoms with Gasteiger partial charge in [-0.25, -0.2) is 9.97 Å². The Morgan fingerprint density at radius 1 is 1.39 bits per heavy atom. The van der Waals surface area contributed by atoms with E-state index in [1.807, 2.05) is 7.05 Å². The minimum Gasteiger partial charge on any atom is -0.389 e. The van der Waals surface area contributed by atoms with Gasteiger partial charge in [0.15, 0.2) is 5.82 Å². The van der Waals surface area contributed by atoms with E-state index in [1.165, 1.54) is 0 Å². The van der Waals surface area contributed by atoms with E-state index in [2.05, 4.69) is 9.97 Å². The molecule has 0 saturated carbocycles. The predicted octanol–water partition coefficient (Wildman–Crippen LogP) is -0.351. The highest BCUT2D eigenvalue weighted by molar-refractivity contribution is 5.46. The summed E-state index contributed by atoms with van der Waals surface area (Å²) in [6, 6.07) is 1.65. The van der Waals surface area contributed by atoms with E-state index in [4.69, 9.17) is 15.2 Å². The van der Waals surface area contributed by atoms with E-state index < -0.39 is 6.10 Å². The molecule has 102 valence electrons. The van der Waals surface area contributed by atoms with Gasteiger partial charge in [-0.05, 0) is 0 Å². The molecule has 1 atom stereocenters. The third-order valence-corrected chi connectivity index (χ3v) is 2.29. The maximum Gasteiger partial charge on any atom is 0.158 e. The van der Waals surface area contributed by atoms with Gasteiger partial charge >= 0.3 is 0 Å². The zero-order valence-electron chi connectivity index (χ0n) is 11.0. The van der Waals surface area contributed by atoms with Crippen molar-refractivity contribution < 1.29 is 14.6 Å². The van der Waals surface area contributed by atoms with E-state index in [9.17, 15) is 5.11 Å². The van der Waals surface area contributed by atoms with E-state index in [-0.39, 0.29) is 6.61 Å². The van der Waals surface area contributed by atoms with Crippen molar-refractivity contribution in [1.82, 2.24) is 9.97 Å². The second-order valence-corrected chi connectivity index (χ2v) is 3.99. The molecule has 1 heterocycles. The molecular formula is C11H20N4O3. The highest BCUT2D eigenvalue weighted by atomic mass is 16.5. The van der Waals surface area contributed by atoms with Gasteiger partial charge in [0.25, 0.3) is 0 Å². The summed E-state index contributed by atoms with van der Waals surface area (Å²) in [5, 5.41) is 9.66. The number of likely N-dealkylation sites (N-methyl/N-ethyl adjacent to an activating group) is 1. The number of nitrogens with zero attached hydrogens (tertiary/aromatic N) is 3. The second kappa shape index (κ2) is 7.10. The van der Waals surface area contributed by atoms with Crippen LogP contribution in [0.5, 0.6) is 0 Å². The first-order chi connectivity index (χ1) is 8.56. The molecule has 1 unspecified atom stereocenters. The van der Waals surface area contributed by atoms with Gasteiger partial charge in [0, 0.05) is 33.9 Å². The number of anilines is 2. The predicted molar refractivity (Wildman–Crippen MR) is 68.3 cm³/mol. The topological polar surface area (TPSA) is 93.7 Å². The second-order valence-electron chi connectivity index (χ2n) is 3.99. The number of hydrogen-bond acceptors (Lipinski definition) is 7. The maximum atomic E-state index is 9.66. The largest absolute Gasteiger partial charge is 0.389 e. The van der Waals surface area contributed by atoms with Crippen LogP contribution in [0.25, 0.3) is 0 Å². The summed E-state index contributed by atoms with van der Waals surface area (Å²) in [5.41, 5.74) is 5.70. The Bertz CT molecular complexity index is 375. The number of aliphatic hydroxyl groups excluding tert-OH is 1. The monoisotopic (exact) mass is 256 g/mol. The number of nitrogens with two attached hydrogens (primary N) is 1. The van der Waals surface area contributed by atoms with Crippen molar-refractivity contribution >= 4 is 11.6 Å². The third-order valence-electron chi connectivity index (χ3n) is 2.29. The lowest BCUT2D eigenvalue weighted by Gasteiger charge is -2.21. The Morgan fingerprint density at radius 3 is 2.72 bits per heavy atom. The van der Waals surface area contributed by atoms with Crippen LogP contribution in [0, 0.1) is 0 Å². The van der Waals surface area contributed by atoms with Crippen LogP contribution >= 0.6 is 0 Å². The minimum absolute atomic E-state index is 0.274. The standard InChI is InChI=1S/C11H20N4O3/c1-15(5-8(16)6-17-2)11-4-9(12)13-10(14-11)7-18-3/h4,8,16H,5-7H2,1-3H3,(H2,12,13,14). The molecule has 0 fully saturated rings. The lowest BCUT2D eigenvalue weighted by molar-refractivity contribution is 0.0694. The molecule has 18 heavy (non-hydrogen) atoms. The van der Waals surface area contributed by atoms with Crippen LogP contribution in [0.2, 0.25) is 0 Å². The van der Waals surface area contributed by atoms with Gasteiger partial charge in [-0.1, -0.05) is 0 Å². The van der Waals surface area contributed by atoms with Crippen molar-refractivity contribution in [3.8, 4) is 0 Å². The van der Waals surface area contributed by atoms with Gasteiger partial charge in [0.05, 0.1) is 12.7 Å². The Hall–Kier alpha value is -1.44. The number of rotatable bonds is 7. The van der Waals surface area contributed by atoms with E-state index >= 15 is 0 Å². The van der Waals surface area contributed by atoms with Crippen molar-refractivity contribution in [2.24, 2.45) is 0 Å². The molecule has 0 radical (unpaired) electrons. The quantitative estimate of drug-likeness (QED) is 0.688. The highest BCUT2D eigenvalue weighted by Crippen LogP contribution is 2.13. The number of aliphatic hydroxyl groups is 1. The van der Waals surface area contributed by atoms with E-state index in [0.717, 1.165) is 0 Å². The van der Waals surface area contributed by atoms with Crippen molar-refractivity contribution in [3.05, 3.63) is 11.9 Å². The van der Waals surface area contributed by atoms with Crippen molar-refractivity contribution in [3.63, 3.8) is 0 Å². The summed E-state index contributed by atoms with van der Waals surface area (Å²) in [6.07, 6.45) is -0.581. The maximum absolute atomic E-state index is 9.66. The van der Waals surface area contributed by atoms with Gasteiger partial charge < -0.3 is 25.2 Å². The first-order valence-corrected chi connectivity index (χ1v) is 5.57. The lowest BCUT2D eigenvalue weighted by atomic mass is 10.3. The Labute approximate surface area is 107 Å². The summed E-state index contributed by atoms with van der Waals surface area (Å²) >= 11 is 0. The zero-order valence-corrected chi connectivity index (χ0v) is 11.0. The average molecular weight is 256 g/mol. The molecule has 0 aromatic carbocycles. The van der Waals surface area contributed by atoms with Gasteiger partial charge in [0.2, 0.25) is 0 Å². The highest BCUT2D eigenvalue weighted by Gasteiger charge is 2.11. The normalized spacial score (nSPS) is 12.4. The van der Waals surface area contributed by atoms with Crippen LogP contribution in [0.4, 0.5) is 11.6 Å². The number of methoxy groups -OCH3 is 2. The Morgan fingerprint density at radius 2 is 2.11 bits per heavy atom. The Kier molecular flexibility index (Phi) is 5.76. The first-order valence-electron chi connectivity index (χ1n) is 5.57. The van der Waals surface area contributed by atoms with Gasteiger partial charge in [-0.15, -0.1) is 0 Å². The molecule has 7 nitrogen and oxygen atoms in total. The summed E-state index contributed by atoms with van der Waals surface area (Å²) in [7, 11) is 4.93. The van der Waals surface area contributed by atoms with Crippen LogP contribution in [-0.2, 0) is 16.1 Å². The van der Waals surface area contributed by atoms with Crippen LogP contribution in [0.15, 0.2) is 6.07 Å². The molecule has 0 saturated heterocycles. The van der Waals surface area contributed by atoms with Crippen LogP contribution in [0.1, 0.15) is 5.82 Å². The van der Waals surface area contributed by atoms with Crippen molar-refractivity contribution in [1.29, 1.82) is 0 Å². The summed E-state index contributed by atoms with van der Waals surface area (Å²) in [5.74, 6) is 1.53. The molecule has 0 bridgehead atoms. The molecule has 0 aliphatic carbocycles. The summed E-state index contributed by atoms with van der Waals surface area (Å²) in [4.78, 5) is 10.1. The van der Waals surface area contributed by atoms with Crippen LogP contribution in [0.3, 0.4) is 0 Å². The molecule has 1 aromatic rings. The van der Waals surface area contributed by atoms with Crippen LogP contribution < -0.4 is 10.6 Å². The molecule has 1 rings (SSSR count). The number of ether oxygens (including phenoxy) is 2. The summed E-state index contributed by atoms with van der Waals surface area (Å²) in [6.45, 7) is 0.971. The number of aromatic nitrogens is 2. The molecule has 0 amide bonds. The fourth-order valence-corrected chi connectivity index (χ4v) is 1.55. The average Bonchev–Trinajstić information content (AvgIpc) is 2.28. The smallest absolute Gasteiger partial charge is 0.158 e. The fraction of sp³-hybridized carbons (Fsp3) is 0.636. The van der Waals surface area contributed by atoms with Gasteiger partial charge in [0.1, 0.15) is 18.2 Å². The SMILES string of the molecule is COCc1nc(N)cc(N(C)CC(O)COC)n1. The van der Waals surface area contributed by atoms with Gasteiger partial charge in [-0.3, -0.25) is 0 Å². The fourth-order valence-electron chi connectivity index (χ4n) is 1.55. The van der Waals surface area contributed by atoms with E-state index in [1.54, 1.807) is 25.2 Å². The number of nitrogen functional groups attached to an aromatic ring is 1. The lowest BCUT2D eigenvalue weighted by Crippen LogP contribution is -2.32.